The highest BCUT2D eigenvalue weighted by atomic mass is 16.5. The molecule has 0 aromatic carbocycles. The average molecular weight is 194 g/mol. The van der Waals surface area contributed by atoms with Crippen LogP contribution < -0.4 is 0 Å². The van der Waals surface area contributed by atoms with Gasteiger partial charge in [-0.3, -0.25) is 0 Å². The first-order valence-corrected chi connectivity index (χ1v) is 4.74. The van der Waals surface area contributed by atoms with Gasteiger partial charge < -0.3 is 4.74 Å². The minimum Gasteiger partial charge on any atom is -0.462 e. The van der Waals surface area contributed by atoms with E-state index in [0.717, 1.165) is 0 Å². The Morgan fingerprint density at radius 3 is 2.57 bits per heavy atom. The molecule has 0 aliphatic rings. The van der Waals surface area contributed by atoms with Crippen molar-refractivity contribution in [2.75, 3.05) is 6.61 Å². The molecule has 0 spiro atoms. The zero-order chi connectivity index (χ0) is 11.0. The number of esters is 1. The summed E-state index contributed by atoms with van der Waals surface area (Å²) in [5.74, 6) is 0.0403. The molecule has 0 N–H and O–H groups in total. The van der Waals surface area contributed by atoms with Gasteiger partial charge in [0.15, 0.2) is 0 Å². The summed E-state index contributed by atoms with van der Waals surface area (Å²) >= 11 is 0. The van der Waals surface area contributed by atoms with E-state index in [0.29, 0.717) is 18.1 Å². The van der Waals surface area contributed by atoms with Crippen LogP contribution in [-0.2, 0) is 9.53 Å². The molecule has 0 heterocycles. The third-order valence-electron chi connectivity index (χ3n) is 1.47. The van der Waals surface area contributed by atoms with E-state index < -0.39 is 0 Å². The van der Waals surface area contributed by atoms with Crippen LogP contribution in [0.4, 0.5) is 0 Å². The van der Waals surface area contributed by atoms with Crippen LogP contribution in [0.15, 0.2) is 36.5 Å². The molecule has 0 atom stereocenters. The highest BCUT2D eigenvalue weighted by Crippen LogP contribution is 2.02. The van der Waals surface area contributed by atoms with Crippen LogP contribution in [0.1, 0.15) is 20.8 Å². The quantitative estimate of drug-likeness (QED) is 0.382. The largest absolute Gasteiger partial charge is 0.462 e. The first-order chi connectivity index (χ1) is 6.61. The van der Waals surface area contributed by atoms with Crippen LogP contribution in [0.2, 0.25) is 0 Å². The lowest BCUT2D eigenvalue weighted by atomic mass is 10.2. The first-order valence-electron chi connectivity index (χ1n) is 4.74. The Bertz CT molecular complexity index is 247. The Hall–Kier alpha value is -1.31. The van der Waals surface area contributed by atoms with Crippen molar-refractivity contribution in [3.8, 4) is 0 Å². The zero-order valence-electron chi connectivity index (χ0n) is 9.12. The molecule has 0 aliphatic heterocycles. The molecule has 0 aromatic rings. The second-order valence-electron chi connectivity index (χ2n) is 3.34. The number of hydrogen-bond acceptors (Lipinski definition) is 2. The predicted octanol–water partition coefficient (Wildman–Crippen LogP) is 2.87. The second-order valence-corrected chi connectivity index (χ2v) is 3.34. The van der Waals surface area contributed by atoms with Crippen molar-refractivity contribution < 1.29 is 9.53 Å². The Balaban J connectivity index is 4.25. The monoisotopic (exact) mass is 194 g/mol. The van der Waals surface area contributed by atoms with Gasteiger partial charge in [0.05, 0.1) is 12.2 Å². The summed E-state index contributed by atoms with van der Waals surface area (Å²) in [6, 6.07) is 0. The van der Waals surface area contributed by atoms with Crippen LogP contribution in [0, 0.1) is 5.92 Å². The van der Waals surface area contributed by atoms with Crippen LogP contribution in [0.5, 0.6) is 0 Å². The number of rotatable bonds is 5. The molecule has 0 aromatic heterocycles. The second kappa shape index (κ2) is 7.13. The number of carbonyl (C=O) groups is 1. The SMILES string of the molecule is C=C/C(=C\C=C/C)C(=O)OCC(C)C. The van der Waals surface area contributed by atoms with Gasteiger partial charge in [-0.2, -0.15) is 0 Å². The third kappa shape index (κ3) is 5.36. The fourth-order valence-corrected chi connectivity index (χ4v) is 0.745. The maximum absolute atomic E-state index is 11.4. The maximum Gasteiger partial charge on any atom is 0.338 e. The molecule has 0 unspecified atom stereocenters. The van der Waals surface area contributed by atoms with Gasteiger partial charge in [-0.15, -0.1) is 0 Å². The topological polar surface area (TPSA) is 26.3 Å². The van der Waals surface area contributed by atoms with E-state index in [4.69, 9.17) is 4.74 Å². The normalized spacial score (nSPS) is 12.1. The van der Waals surface area contributed by atoms with Gasteiger partial charge in [0.1, 0.15) is 0 Å². The summed E-state index contributed by atoms with van der Waals surface area (Å²) in [4.78, 5) is 11.4. The predicted molar refractivity (Wildman–Crippen MR) is 58.9 cm³/mol. The lowest BCUT2D eigenvalue weighted by Gasteiger charge is -2.06. The average Bonchev–Trinajstić information content (AvgIpc) is 2.16. The van der Waals surface area contributed by atoms with Crippen LogP contribution in [-0.4, -0.2) is 12.6 Å². The zero-order valence-corrected chi connectivity index (χ0v) is 9.12. The van der Waals surface area contributed by atoms with E-state index >= 15 is 0 Å². The molecular weight excluding hydrogens is 176 g/mol. The molecular formula is C12H18O2. The Morgan fingerprint density at radius 2 is 2.14 bits per heavy atom. The highest BCUT2D eigenvalue weighted by Gasteiger charge is 2.06. The summed E-state index contributed by atoms with van der Waals surface area (Å²) < 4.78 is 5.04. The molecule has 2 nitrogen and oxygen atoms in total. The van der Waals surface area contributed by atoms with Crippen LogP contribution in [0.25, 0.3) is 0 Å². The van der Waals surface area contributed by atoms with Crippen LogP contribution in [0.3, 0.4) is 0 Å². The van der Waals surface area contributed by atoms with E-state index in [1.165, 1.54) is 6.08 Å². The smallest absolute Gasteiger partial charge is 0.338 e. The molecule has 0 rings (SSSR count). The summed E-state index contributed by atoms with van der Waals surface area (Å²) in [7, 11) is 0. The Labute approximate surface area is 86.0 Å². The minimum atomic E-state index is -0.313. The Morgan fingerprint density at radius 1 is 1.50 bits per heavy atom. The van der Waals surface area contributed by atoms with Crippen molar-refractivity contribution >= 4 is 5.97 Å². The van der Waals surface area contributed by atoms with Crippen molar-refractivity contribution in [2.45, 2.75) is 20.8 Å². The number of carbonyl (C=O) groups excluding carboxylic acids is 1. The standard InChI is InChI=1S/C12H18O2/c1-5-7-8-11(6-2)12(13)14-9-10(3)4/h5-8,10H,2,9H2,1,3-4H3/b7-5-,11-8+. The summed E-state index contributed by atoms with van der Waals surface area (Å²) in [5.41, 5.74) is 0.490. The maximum atomic E-state index is 11.4. The number of hydrogen-bond donors (Lipinski definition) is 0. The molecule has 0 saturated carbocycles. The van der Waals surface area contributed by atoms with E-state index in [-0.39, 0.29) is 5.97 Å². The van der Waals surface area contributed by atoms with E-state index in [1.807, 2.05) is 26.8 Å². The highest BCUT2D eigenvalue weighted by molar-refractivity contribution is 5.91. The number of ether oxygens (including phenoxy) is 1. The van der Waals surface area contributed by atoms with Crippen LogP contribution >= 0.6 is 0 Å². The summed E-state index contributed by atoms with van der Waals surface area (Å²) in [6.07, 6.45) is 6.82. The third-order valence-corrected chi connectivity index (χ3v) is 1.47. The molecule has 0 saturated heterocycles. The molecule has 14 heavy (non-hydrogen) atoms. The van der Waals surface area contributed by atoms with Gasteiger partial charge in [-0.05, 0) is 18.9 Å². The van der Waals surface area contributed by atoms with Crippen molar-refractivity contribution in [3.63, 3.8) is 0 Å². The van der Waals surface area contributed by atoms with Gasteiger partial charge in [0.25, 0.3) is 0 Å². The van der Waals surface area contributed by atoms with Crippen molar-refractivity contribution in [2.24, 2.45) is 5.92 Å². The van der Waals surface area contributed by atoms with Gasteiger partial charge in [0, 0.05) is 0 Å². The van der Waals surface area contributed by atoms with E-state index in [1.54, 1.807) is 12.2 Å². The van der Waals surface area contributed by atoms with Gasteiger partial charge in [-0.25, -0.2) is 4.79 Å². The number of allylic oxidation sites excluding steroid dienone is 3. The summed E-state index contributed by atoms with van der Waals surface area (Å²) in [5, 5.41) is 0. The fraction of sp³-hybridized carbons (Fsp3) is 0.417. The fourth-order valence-electron chi connectivity index (χ4n) is 0.745. The van der Waals surface area contributed by atoms with E-state index in [9.17, 15) is 4.79 Å². The molecule has 2 heteroatoms. The molecule has 0 fully saturated rings. The van der Waals surface area contributed by atoms with Crippen molar-refractivity contribution in [3.05, 3.63) is 36.5 Å². The summed E-state index contributed by atoms with van der Waals surface area (Å²) in [6.45, 7) is 9.88. The minimum absolute atomic E-state index is 0.313. The lowest BCUT2D eigenvalue weighted by molar-refractivity contribution is -0.139. The van der Waals surface area contributed by atoms with Gasteiger partial charge >= 0.3 is 5.97 Å². The van der Waals surface area contributed by atoms with Gasteiger partial charge in [0.2, 0.25) is 0 Å². The molecule has 0 aliphatic carbocycles. The lowest BCUT2D eigenvalue weighted by Crippen LogP contribution is -2.10. The molecule has 0 radical (unpaired) electrons. The van der Waals surface area contributed by atoms with Crippen molar-refractivity contribution in [1.82, 2.24) is 0 Å². The van der Waals surface area contributed by atoms with Gasteiger partial charge in [-0.1, -0.05) is 38.7 Å². The molecule has 0 bridgehead atoms. The van der Waals surface area contributed by atoms with Crippen molar-refractivity contribution in [1.29, 1.82) is 0 Å². The molecule has 0 amide bonds. The first kappa shape index (κ1) is 12.7. The van der Waals surface area contributed by atoms with E-state index in [2.05, 4.69) is 6.58 Å². The Kier molecular flexibility index (Phi) is 6.46. The molecule has 78 valence electrons.